The van der Waals surface area contributed by atoms with E-state index >= 15 is 0 Å². The van der Waals surface area contributed by atoms with Crippen LogP contribution in [-0.4, -0.2) is 36.0 Å². The summed E-state index contributed by atoms with van der Waals surface area (Å²) in [7, 11) is 0. The minimum Gasteiger partial charge on any atom is -0.370 e. The topological polar surface area (TPSA) is 53.6 Å². The van der Waals surface area contributed by atoms with E-state index in [1.54, 1.807) is 0 Å². The van der Waals surface area contributed by atoms with E-state index < -0.39 is 0 Å². The summed E-state index contributed by atoms with van der Waals surface area (Å²) in [5, 5.41) is 3.66. The molecule has 1 unspecified atom stereocenters. The summed E-state index contributed by atoms with van der Waals surface area (Å²) in [6.45, 7) is 11.6. The molecule has 128 valence electrons. The van der Waals surface area contributed by atoms with E-state index in [4.69, 9.17) is 5.73 Å². The highest BCUT2D eigenvalue weighted by Crippen LogP contribution is 2.18. The average Bonchev–Trinajstić information content (AvgIpc) is 2.54. The molecule has 1 aliphatic heterocycles. The van der Waals surface area contributed by atoms with E-state index in [2.05, 4.69) is 67.2 Å². The minimum atomic E-state index is -0.0943. The van der Waals surface area contributed by atoms with Crippen LogP contribution in [0.5, 0.6) is 0 Å². The number of hydrogen-bond donors (Lipinski definition) is 2. The van der Waals surface area contributed by atoms with Gasteiger partial charge < -0.3 is 16.0 Å². The summed E-state index contributed by atoms with van der Waals surface area (Å²) in [6.07, 6.45) is 2.42. The third-order valence-corrected chi connectivity index (χ3v) is 4.65. The molecule has 0 spiro atoms. The second-order valence-corrected chi connectivity index (χ2v) is 7.50. The number of rotatable bonds is 5. The van der Waals surface area contributed by atoms with Gasteiger partial charge in [0.15, 0.2) is 5.96 Å². The predicted octanol–water partition coefficient (Wildman–Crippen LogP) is 3.16. The summed E-state index contributed by atoms with van der Waals surface area (Å²) in [5.41, 5.74) is 7.39. The Balaban J connectivity index is 1.88. The van der Waals surface area contributed by atoms with E-state index in [0.29, 0.717) is 18.5 Å². The molecule has 1 aromatic rings. The lowest BCUT2D eigenvalue weighted by molar-refractivity contribution is 0.276. The summed E-state index contributed by atoms with van der Waals surface area (Å²) >= 11 is 0. The van der Waals surface area contributed by atoms with Gasteiger partial charge in [-0.2, -0.15) is 0 Å². The molecule has 1 aromatic carbocycles. The molecule has 4 nitrogen and oxygen atoms in total. The largest absolute Gasteiger partial charge is 0.370 e. The van der Waals surface area contributed by atoms with Gasteiger partial charge in [0.2, 0.25) is 0 Å². The van der Waals surface area contributed by atoms with Crippen molar-refractivity contribution in [2.45, 2.75) is 52.1 Å². The lowest BCUT2D eigenvalue weighted by atomic mass is 9.99. The first-order valence-electron chi connectivity index (χ1n) is 8.75. The molecule has 2 rings (SSSR count). The Morgan fingerprint density at radius 1 is 1.30 bits per heavy atom. The number of benzene rings is 1. The first-order valence-corrected chi connectivity index (χ1v) is 8.75. The maximum Gasteiger partial charge on any atom is 0.191 e. The molecule has 23 heavy (non-hydrogen) atoms. The van der Waals surface area contributed by atoms with Crippen LogP contribution in [0.15, 0.2) is 35.3 Å². The number of nitrogens with zero attached hydrogens (tertiary/aromatic N) is 2. The molecular formula is C19H32N4. The Kier molecular flexibility index (Phi) is 6.05. The van der Waals surface area contributed by atoms with Crippen molar-refractivity contribution in [2.75, 3.05) is 19.6 Å². The molecule has 0 aromatic heterocycles. The van der Waals surface area contributed by atoms with E-state index in [9.17, 15) is 0 Å². The van der Waals surface area contributed by atoms with Crippen LogP contribution in [-0.2, 0) is 0 Å². The van der Waals surface area contributed by atoms with Crippen LogP contribution in [0.25, 0.3) is 0 Å². The van der Waals surface area contributed by atoms with Gasteiger partial charge >= 0.3 is 0 Å². The third-order valence-electron chi connectivity index (χ3n) is 4.65. The molecule has 1 atom stereocenters. The predicted molar refractivity (Wildman–Crippen MR) is 98.5 cm³/mol. The van der Waals surface area contributed by atoms with Crippen LogP contribution in [0.1, 0.15) is 52.1 Å². The van der Waals surface area contributed by atoms with Gasteiger partial charge in [-0.25, -0.2) is 0 Å². The molecular weight excluding hydrogens is 284 g/mol. The third kappa shape index (κ3) is 5.54. The monoisotopic (exact) mass is 316 g/mol. The minimum absolute atomic E-state index is 0.0943. The van der Waals surface area contributed by atoms with E-state index in [1.807, 2.05) is 6.07 Å². The van der Waals surface area contributed by atoms with Gasteiger partial charge in [-0.3, -0.25) is 4.99 Å². The van der Waals surface area contributed by atoms with Crippen molar-refractivity contribution in [1.82, 2.24) is 10.2 Å². The zero-order valence-electron chi connectivity index (χ0n) is 15.0. The Hall–Kier alpha value is -1.55. The first-order chi connectivity index (χ1) is 10.9. The molecule has 0 saturated carbocycles. The lowest BCUT2D eigenvalue weighted by Crippen LogP contribution is -2.46. The Labute approximate surface area is 141 Å². The van der Waals surface area contributed by atoms with Gasteiger partial charge in [-0.15, -0.1) is 0 Å². The Morgan fingerprint density at radius 3 is 2.52 bits per heavy atom. The standard InChI is InChI=1S/C19H32N4/c1-15-10-12-23(13-11-15)18(20)21-14-19(3,4)22-16(2)17-8-6-5-7-9-17/h5-9,15-16,22H,10-14H2,1-4H3,(H2,20,21). The Bertz CT molecular complexity index is 501. The summed E-state index contributed by atoms with van der Waals surface area (Å²) in [6, 6.07) is 10.8. The van der Waals surface area contributed by atoms with Crippen molar-refractivity contribution in [3.63, 3.8) is 0 Å². The molecule has 1 aliphatic rings. The molecule has 0 radical (unpaired) electrons. The van der Waals surface area contributed by atoms with Gasteiger partial charge in [-0.05, 0) is 45.1 Å². The summed E-state index contributed by atoms with van der Waals surface area (Å²) in [4.78, 5) is 6.87. The fourth-order valence-corrected chi connectivity index (χ4v) is 3.07. The SMILES string of the molecule is CC1CCN(C(N)=NCC(C)(C)NC(C)c2ccccc2)CC1. The molecule has 0 aliphatic carbocycles. The molecule has 1 heterocycles. The summed E-state index contributed by atoms with van der Waals surface area (Å²) < 4.78 is 0. The number of nitrogens with two attached hydrogens (primary N) is 1. The van der Waals surface area contributed by atoms with E-state index in [0.717, 1.165) is 19.0 Å². The van der Waals surface area contributed by atoms with Crippen LogP contribution in [0, 0.1) is 5.92 Å². The number of hydrogen-bond acceptors (Lipinski definition) is 2. The first kappa shape index (κ1) is 17.8. The normalized spacial score (nSPS) is 19.0. The summed E-state index contributed by atoms with van der Waals surface area (Å²) in [5.74, 6) is 1.50. The Morgan fingerprint density at radius 2 is 1.91 bits per heavy atom. The zero-order valence-corrected chi connectivity index (χ0v) is 15.0. The van der Waals surface area contributed by atoms with Gasteiger partial charge in [-0.1, -0.05) is 37.3 Å². The van der Waals surface area contributed by atoms with Crippen molar-refractivity contribution in [2.24, 2.45) is 16.6 Å². The van der Waals surface area contributed by atoms with Crippen LogP contribution in [0.2, 0.25) is 0 Å². The molecule has 4 heteroatoms. The van der Waals surface area contributed by atoms with E-state index in [1.165, 1.54) is 18.4 Å². The lowest BCUT2D eigenvalue weighted by Gasteiger charge is -2.33. The second-order valence-electron chi connectivity index (χ2n) is 7.50. The average molecular weight is 316 g/mol. The van der Waals surface area contributed by atoms with E-state index in [-0.39, 0.29) is 5.54 Å². The number of guanidine groups is 1. The molecule has 0 bridgehead atoms. The molecule has 1 fully saturated rings. The molecule has 1 saturated heterocycles. The number of likely N-dealkylation sites (tertiary alicyclic amines) is 1. The fraction of sp³-hybridized carbons (Fsp3) is 0.632. The number of piperidine rings is 1. The van der Waals surface area contributed by atoms with Crippen molar-refractivity contribution in [3.8, 4) is 0 Å². The number of nitrogens with one attached hydrogen (secondary N) is 1. The maximum absolute atomic E-state index is 6.19. The van der Waals surface area contributed by atoms with Gasteiger partial charge in [0, 0.05) is 24.7 Å². The van der Waals surface area contributed by atoms with Crippen LogP contribution < -0.4 is 11.1 Å². The number of aliphatic imine (C=N–C) groups is 1. The van der Waals surface area contributed by atoms with Gasteiger partial charge in [0.25, 0.3) is 0 Å². The quantitative estimate of drug-likeness (QED) is 0.648. The second kappa shape index (κ2) is 7.82. The van der Waals surface area contributed by atoms with Crippen LogP contribution in [0.4, 0.5) is 0 Å². The highest BCUT2D eigenvalue weighted by Gasteiger charge is 2.22. The van der Waals surface area contributed by atoms with Gasteiger partial charge in [0.1, 0.15) is 0 Å². The fourth-order valence-electron chi connectivity index (χ4n) is 3.07. The molecule has 0 amide bonds. The van der Waals surface area contributed by atoms with Crippen molar-refractivity contribution >= 4 is 5.96 Å². The van der Waals surface area contributed by atoms with Crippen LogP contribution in [0.3, 0.4) is 0 Å². The molecule has 3 N–H and O–H groups in total. The van der Waals surface area contributed by atoms with Crippen molar-refractivity contribution in [1.29, 1.82) is 0 Å². The highest BCUT2D eigenvalue weighted by molar-refractivity contribution is 5.78. The van der Waals surface area contributed by atoms with Crippen molar-refractivity contribution < 1.29 is 0 Å². The van der Waals surface area contributed by atoms with Crippen molar-refractivity contribution in [3.05, 3.63) is 35.9 Å². The smallest absolute Gasteiger partial charge is 0.191 e. The highest BCUT2D eigenvalue weighted by atomic mass is 15.3. The maximum atomic E-state index is 6.19. The van der Waals surface area contributed by atoms with Gasteiger partial charge in [0.05, 0.1) is 6.54 Å². The van der Waals surface area contributed by atoms with Crippen LogP contribution >= 0.6 is 0 Å². The zero-order chi connectivity index (χ0) is 16.9.